The molecule has 1 heterocycles. The molecule has 20 heavy (non-hydrogen) atoms. The van der Waals surface area contributed by atoms with Gasteiger partial charge in [-0.3, -0.25) is 9.36 Å². The summed E-state index contributed by atoms with van der Waals surface area (Å²) in [5.74, 6) is -0.812. The van der Waals surface area contributed by atoms with Gasteiger partial charge in [-0.15, -0.1) is 10.2 Å². The molecule has 0 saturated heterocycles. The maximum absolute atomic E-state index is 13.4. The van der Waals surface area contributed by atoms with Crippen LogP contribution in [0.15, 0.2) is 27.8 Å². The number of aromatic nitrogens is 3. The van der Waals surface area contributed by atoms with Gasteiger partial charge in [-0.05, 0) is 34.1 Å². The highest BCUT2D eigenvalue weighted by Gasteiger charge is 2.16. The van der Waals surface area contributed by atoms with E-state index >= 15 is 0 Å². The van der Waals surface area contributed by atoms with Crippen molar-refractivity contribution < 1.29 is 14.3 Å². The van der Waals surface area contributed by atoms with Crippen LogP contribution in [0.25, 0.3) is 5.69 Å². The van der Waals surface area contributed by atoms with E-state index in [0.717, 1.165) is 11.8 Å². The Morgan fingerprint density at radius 1 is 1.50 bits per heavy atom. The Morgan fingerprint density at radius 2 is 2.25 bits per heavy atom. The van der Waals surface area contributed by atoms with E-state index in [9.17, 15) is 9.18 Å². The van der Waals surface area contributed by atoms with Gasteiger partial charge in [-0.2, -0.15) is 0 Å². The summed E-state index contributed by atoms with van der Waals surface area (Å²) in [5, 5.41) is 17.2. The smallest absolute Gasteiger partial charge is 0.313 e. The Balaban J connectivity index is 2.50. The highest BCUT2D eigenvalue weighted by molar-refractivity contribution is 9.10. The minimum atomic E-state index is -0.944. The van der Waals surface area contributed by atoms with Gasteiger partial charge in [0.2, 0.25) is 0 Å². The lowest BCUT2D eigenvalue weighted by Crippen LogP contribution is -2.05. The molecule has 1 aromatic carbocycles. The largest absolute Gasteiger partial charge is 0.481 e. The van der Waals surface area contributed by atoms with Gasteiger partial charge in [-0.25, -0.2) is 4.39 Å². The topological polar surface area (TPSA) is 68.0 Å². The van der Waals surface area contributed by atoms with Crippen LogP contribution in [0.2, 0.25) is 0 Å². The fourth-order valence-electron chi connectivity index (χ4n) is 1.65. The quantitative estimate of drug-likeness (QED) is 0.831. The van der Waals surface area contributed by atoms with E-state index in [1.807, 2.05) is 6.92 Å². The Bertz CT molecular complexity index is 648. The Morgan fingerprint density at radius 3 is 2.90 bits per heavy atom. The number of aryl methyl sites for hydroxylation is 1. The third-order valence-corrected chi connectivity index (χ3v) is 4.07. The molecule has 0 saturated carbocycles. The van der Waals surface area contributed by atoms with Crippen LogP contribution >= 0.6 is 27.7 Å². The molecule has 0 aliphatic rings. The molecule has 2 rings (SSSR count). The van der Waals surface area contributed by atoms with E-state index in [1.54, 1.807) is 10.6 Å². The van der Waals surface area contributed by atoms with E-state index in [0.29, 0.717) is 27.6 Å². The Kier molecular flexibility index (Phi) is 4.77. The predicted molar refractivity (Wildman–Crippen MR) is 76.8 cm³/mol. The van der Waals surface area contributed by atoms with E-state index in [2.05, 4.69) is 26.1 Å². The number of nitrogens with zero attached hydrogens (tertiary/aromatic N) is 3. The van der Waals surface area contributed by atoms with Crippen LogP contribution in [0.1, 0.15) is 12.7 Å². The van der Waals surface area contributed by atoms with E-state index in [-0.39, 0.29) is 11.6 Å². The van der Waals surface area contributed by atoms with Gasteiger partial charge in [0.25, 0.3) is 0 Å². The molecule has 1 aromatic heterocycles. The van der Waals surface area contributed by atoms with Crippen molar-refractivity contribution in [2.45, 2.75) is 18.5 Å². The standard InChI is InChI=1S/C12H11BrFN3O2S/c1-2-10-15-16-12(20-6-11(18)19)17(10)9-5-7(14)3-4-8(9)13/h3-5H,2,6H2,1H3,(H,18,19). The molecule has 5 nitrogen and oxygen atoms in total. The summed E-state index contributed by atoms with van der Waals surface area (Å²) in [6.45, 7) is 1.90. The van der Waals surface area contributed by atoms with Crippen LogP contribution in [-0.2, 0) is 11.2 Å². The van der Waals surface area contributed by atoms with Crippen molar-refractivity contribution in [2.24, 2.45) is 0 Å². The van der Waals surface area contributed by atoms with Crippen LogP contribution in [-0.4, -0.2) is 31.6 Å². The zero-order chi connectivity index (χ0) is 14.7. The summed E-state index contributed by atoms with van der Waals surface area (Å²) in [7, 11) is 0. The van der Waals surface area contributed by atoms with Gasteiger partial charge < -0.3 is 5.11 Å². The van der Waals surface area contributed by atoms with E-state index < -0.39 is 5.97 Å². The first-order chi connectivity index (χ1) is 9.52. The molecule has 0 aliphatic heterocycles. The minimum absolute atomic E-state index is 0.130. The molecule has 0 radical (unpaired) electrons. The fourth-order valence-corrected chi connectivity index (χ4v) is 2.76. The van der Waals surface area contributed by atoms with Gasteiger partial charge in [0.1, 0.15) is 11.6 Å². The second-order valence-corrected chi connectivity index (χ2v) is 5.66. The molecular weight excluding hydrogens is 349 g/mol. The lowest BCUT2D eigenvalue weighted by atomic mass is 10.3. The number of halogens is 2. The van der Waals surface area contributed by atoms with Crippen LogP contribution in [0, 0.1) is 5.82 Å². The number of carbonyl (C=O) groups is 1. The highest BCUT2D eigenvalue weighted by atomic mass is 79.9. The third kappa shape index (κ3) is 3.18. The molecule has 0 unspecified atom stereocenters. The van der Waals surface area contributed by atoms with Crippen molar-refractivity contribution in [3.63, 3.8) is 0 Å². The number of carboxylic acids is 1. The average molecular weight is 360 g/mol. The molecule has 0 atom stereocenters. The molecule has 0 bridgehead atoms. The predicted octanol–water partition coefficient (Wildman–Crippen LogP) is 2.91. The lowest BCUT2D eigenvalue weighted by Gasteiger charge is -2.11. The van der Waals surface area contributed by atoms with Crippen molar-refractivity contribution in [1.29, 1.82) is 0 Å². The first-order valence-electron chi connectivity index (χ1n) is 5.77. The summed E-state index contributed by atoms with van der Waals surface area (Å²) in [5.41, 5.74) is 0.555. The molecule has 8 heteroatoms. The molecule has 1 N–H and O–H groups in total. The first kappa shape index (κ1) is 15.0. The molecule has 0 aliphatic carbocycles. The van der Waals surface area contributed by atoms with Gasteiger partial charge in [0.05, 0.1) is 11.4 Å². The van der Waals surface area contributed by atoms with Crippen LogP contribution in [0.3, 0.4) is 0 Å². The van der Waals surface area contributed by atoms with Crippen molar-refractivity contribution in [3.8, 4) is 5.69 Å². The number of benzene rings is 1. The molecule has 0 fully saturated rings. The summed E-state index contributed by atoms with van der Waals surface area (Å²) < 4.78 is 15.8. The SMILES string of the molecule is CCc1nnc(SCC(=O)O)n1-c1cc(F)ccc1Br. The van der Waals surface area contributed by atoms with Gasteiger partial charge >= 0.3 is 5.97 Å². The van der Waals surface area contributed by atoms with E-state index in [4.69, 9.17) is 5.11 Å². The monoisotopic (exact) mass is 359 g/mol. The number of hydrogen-bond acceptors (Lipinski definition) is 4. The summed E-state index contributed by atoms with van der Waals surface area (Å²) in [4.78, 5) is 10.7. The second-order valence-electron chi connectivity index (χ2n) is 3.87. The number of thioether (sulfide) groups is 1. The highest BCUT2D eigenvalue weighted by Crippen LogP contribution is 2.28. The molecule has 2 aromatic rings. The summed E-state index contributed by atoms with van der Waals surface area (Å²) in [6, 6.07) is 4.29. The number of aliphatic carboxylic acids is 1. The number of hydrogen-bond donors (Lipinski definition) is 1. The zero-order valence-electron chi connectivity index (χ0n) is 10.5. The Hall–Kier alpha value is -1.41. The number of rotatable bonds is 5. The third-order valence-electron chi connectivity index (χ3n) is 2.49. The van der Waals surface area contributed by atoms with Crippen molar-refractivity contribution in [1.82, 2.24) is 14.8 Å². The van der Waals surface area contributed by atoms with E-state index in [1.165, 1.54) is 12.1 Å². The van der Waals surface area contributed by atoms with Crippen molar-refractivity contribution in [3.05, 3.63) is 34.3 Å². The van der Waals surface area contributed by atoms with Crippen LogP contribution < -0.4 is 0 Å². The van der Waals surface area contributed by atoms with Crippen molar-refractivity contribution >= 4 is 33.7 Å². The first-order valence-corrected chi connectivity index (χ1v) is 7.55. The molecule has 0 amide bonds. The van der Waals surface area contributed by atoms with Crippen molar-refractivity contribution in [2.75, 3.05) is 5.75 Å². The minimum Gasteiger partial charge on any atom is -0.481 e. The maximum Gasteiger partial charge on any atom is 0.313 e. The summed E-state index contributed by atoms with van der Waals surface area (Å²) in [6.07, 6.45) is 0.601. The second kappa shape index (κ2) is 6.36. The Labute approximate surface area is 127 Å². The normalized spacial score (nSPS) is 10.8. The van der Waals surface area contributed by atoms with Crippen LogP contribution in [0.4, 0.5) is 4.39 Å². The van der Waals surface area contributed by atoms with Gasteiger partial charge in [0.15, 0.2) is 5.16 Å². The summed E-state index contributed by atoms with van der Waals surface area (Å²) >= 11 is 4.41. The molecular formula is C12H11BrFN3O2S. The van der Waals surface area contributed by atoms with Crippen LogP contribution in [0.5, 0.6) is 0 Å². The number of carboxylic acid groups (broad SMARTS) is 1. The molecule has 0 spiro atoms. The lowest BCUT2D eigenvalue weighted by molar-refractivity contribution is -0.133. The zero-order valence-corrected chi connectivity index (χ0v) is 12.9. The maximum atomic E-state index is 13.4. The fraction of sp³-hybridized carbons (Fsp3) is 0.250. The molecule has 106 valence electrons. The average Bonchev–Trinajstić information content (AvgIpc) is 2.82. The van der Waals surface area contributed by atoms with Gasteiger partial charge in [-0.1, -0.05) is 18.7 Å². The van der Waals surface area contributed by atoms with Gasteiger partial charge in [0, 0.05) is 10.9 Å².